The number of pyridine rings is 1. The Bertz CT molecular complexity index is 933. The van der Waals surface area contributed by atoms with Crippen molar-refractivity contribution in [2.24, 2.45) is 4.99 Å². The van der Waals surface area contributed by atoms with E-state index >= 15 is 0 Å². The first-order valence-corrected chi connectivity index (χ1v) is 8.25. The Kier molecular flexibility index (Phi) is 4.50. The lowest BCUT2D eigenvalue weighted by molar-refractivity contribution is 0.409. The van der Waals surface area contributed by atoms with Crippen LogP contribution in [-0.4, -0.2) is 34.7 Å². The second-order valence-electron chi connectivity index (χ2n) is 6.36. The number of aryl methyl sites for hydroxylation is 1. The van der Waals surface area contributed by atoms with Crippen molar-refractivity contribution in [2.75, 3.05) is 12.0 Å². The number of phenolic OH excluding ortho intramolecular Hbond substituents is 1. The van der Waals surface area contributed by atoms with Crippen LogP contribution in [0.3, 0.4) is 0 Å². The number of hydrogen-bond acceptors (Lipinski definition) is 6. The van der Waals surface area contributed by atoms with Gasteiger partial charge in [0.05, 0.1) is 12.8 Å². The van der Waals surface area contributed by atoms with Crippen molar-refractivity contribution in [3.63, 3.8) is 0 Å². The van der Waals surface area contributed by atoms with Gasteiger partial charge < -0.3 is 20.2 Å². The van der Waals surface area contributed by atoms with Crippen LogP contribution in [0.4, 0.5) is 11.4 Å². The van der Waals surface area contributed by atoms with E-state index in [0.717, 1.165) is 16.8 Å². The predicted molar refractivity (Wildman–Crippen MR) is 105 cm³/mol. The van der Waals surface area contributed by atoms with Crippen LogP contribution < -0.4 is 9.64 Å². The molecule has 0 bridgehead atoms. The van der Waals surface area contributed by atoms with Crippen molar-refractivity contribution < 1.29 is 9.84 Å². The van der Waals surface area contributed by atoms with E-state index in [-0.39, 0.29) is 11.8 Å². The van der Waals surface area contributed by atoms with E-state index in [4.69, 9.17) is 10.1 Å². The molecule has 1 aromatic heterocycles. The molecule has 0 saturated carbocycles. The maximum Gasteiger partial charge on any atom is 0.150 e. The first-order valence-electron chi connectivity index (χ1n) is 8.25. The van der Waals surface area contributed by atoms with E-state index in [1.54, 1.807) is 25.4 Å². The summed E-state index contributed by atoms with van der Waals surface area (Å²) >= 11 is 0. The number of ether oxygens (including phenoxy) is 1. The van der Waals surface area contributed by atoms with E-state index in [0.29, 0.717) is 28.5 Å². The van der Waals surface area contributed by atoms with Gasteiger partial charge in [-0.15, -0.1) is 0 Å². The number of hydrogen-bond donors (Lipinski definition) is 2. The number of aromatic nitrogens is 1. The first-order chi connectivity index (χ1) is 12.3. The molecule has 0 amide bonds. The molecule has 1 aliphatic heterocycles. The average Bonchev–Trinajstić information content (AvgIpc) is 2.60. The van der Waals surface area contributed by atoms with Crippen LogP contribution in [0.2, 0.25) is 0 Å². The van der Waals surface area contributed by atoms with Gasteiger partial charge in [-0.05, 0) is 32.4 Å². The zero-order valence-corrected chi connectivity index (χ0v) is 15.4. The lowest BCUT2D eigenvalue weighted by Gasteiger charge is -2.39. The summed E-state index contributed by atoms with van der Waals surface area (Å²) in [5, 5.41) is 18.4. The molecule has 2 N–H and O–H groups in total. The number of benzene rings is 1. The van der Waals surface area contributed by atoms with Crippen molar-refractivity contribution in [3.05, 3.63) is 48.3 Å². The van der Waals surface area contributed by atoms with E-state index in [9.17, 15) is 5.11 Å². The SMILES string of the molecule is C=C(c1cnccc1C)N1c2cc(O)cc(OC)c2N=C(C)C1C(C)=N. The molecule has 0 radical (unpaired) electrons. The minimum atomic E-state index is -0.388. The molecule has 134 valence electrons. The number of nitrogens with zero attached hydrogens (tertiary/aromatic N) is 3. The van der Waals surface area contributed by atoms with E-state index in [1.165, 1.54) is 13.2 Å². The summed E-state index contributed by atoms with van der Waals surface area (Å²) in [5.41, 5.74) is 5.05. The zero-order valence-electron chi connectivity index (χ0n) is 15.4. The van der Waals surface area contributed by atoms with Crippen LogP contribution in [0.5, 0.6) is 11.5 Å². The Morgan fingerprint density at radius 2 is 2.08 bits per heavy atom. The van der Waals surface area contributed by atoms with Gasteiger partial charge in [0, 0.05) is 47.2 Å². The lowest BCUT2D eigenvalue weighted by Crippen LogP contribution is -2.45. The molecule has 0 aliphatic carbocycles. The number of aromatic hydroxyl groups is 1. The molecular formula is C20H22N4O2. The van der Waals surface area contributed by atoms with Crippen molar-refractivity contribution in [2.45, 2.75) is 26.8 Å². The van der Waals surface area contributed by atoms with Crippen molar-refractivity contribution in [3.8, 4) is 11.5 Å². The fraction of sp³-hybridized carbons (Fsp3) is 0.250. The standard InChI is InChI=1S/C20H22N4O2/c1-11-6-7-22-10-16(11)14(4)24-17-8-15(25)9-18(26-5)19(17)23-13(3)20(24)12(2)21/h6-10,20-21,25H,4H2,1-3,5H3. The third-order valence-corrected chi connectivity index (χ3v) is 4.51. The first kappa shape index (κ1) is 17.7. The van der Waals surface area contributed by atoms with Gasteiger partial charge in [-0.1, -0.05) is 6.58 Å². The number of phenols is 1. The molecule has 0 spiro atoms. The highest BCUT2D eigenvalue weighted by molar-refractivity contribution is 6.17. The third kappa shape index (κ3) is 2.83. The van der Waals surface area contributed by atoms with Gasteiger partial charge in [0.25, 0.3) is 0 Å². The molecule has 26 heavy (non-hydrogen) atoms. The second kappa shape index (κ2) is 6.63. The van der Waals surface area contributed by atoms with Crippen LogP contribution >= 0.6 is 0 Å². The van der Waals surface area contributed by atoms with Gasteiger partial charge in [-0.25, -0.2) is 4.99 Å². The number of methoxy groups -OCH3 is 1. The van der Waals surface area contributed by atoms with Crippen molar-refractivity contribution in [1.29, 1.82) is 5.41 Å². The number of nitrogens with one attached hydrogen (secondary N) is 1. The van der Waals surface area contributed by atoms with Gasteiger partial charge in [0.15, 0.2) is 0 Å². The maximum absolute atomic E-state index is 10.2. The number of aliphatic imine (C=N–C) groups is 1. The van der Waals surface area contributed by atoms with Gasteiger partial charge in [-0.2, -0.15) is 0 Å². The van der Waals surface area contributed by atoms with Gasteiger partial charge in [0.2, 0.25) is 0 Å². The lowest BCUT2D eigenvalue weighted by atomic mass is 9.98. The molecule has 2 heterocycles. The summed E-state index contributed by atoms with van der Waals surface area (Å²) in [6, 6.07) is 4.69. The Labute approximate surface area is 153 Å². The normalized spacial score (nSPS) is 15.9. The number of anilines is 1. The van der Waals surface area contributed by atoms with Crippen LogP contribution in [0, 0.1) is 12.3 Å². The second-order valence-corrected chi connectivity index (χ2v) is 6.36. The van der Waals surface area contributed by atoms with Crippen molar-refractivity contribution in [1.82, 2.24) is 4.98 Å². The molecule has 1 aliphatic rings. The van der Waals surface area contributed by atoms with Crippen LogP contribution in [0.15, 0.2) is 42.2 Å². The Morgan fingerprint density at radius 3 is 2.69 bits per heavy atom. The summed E-state index contributed by atoms with van der Waals surface area (Å²) in [5.74, 6) is 0.540. The highest BCUT2D eigenvalue weighted by Gasteiger charge is 2.34. The van der Waals surface area contributed by atoms with E-state index in [2.05, 4.69) is 16.6 Å². The minimum absolute atomic E-state index is 0.0671. The highest BCUT2D eigenvalue weighted by Crippen LogP contribution is 2.47. The molecule has 0 saturated heterocycles. The Balaban J connectivity index is 2.26. The topological polar surface area (TPSA) is 81.8 Å². The molecule has 1 atom stereocenters. The quantitative estimate of drug-likeness (QED) is 0.814. The summed E-state index contributed by atoms with van der Waals surface area (Å²) in [7, 11) is 1.54. The van der Waals surface area contributed by atoms with Gasteiger partial charge >= 0.3 is 0 Å². The highest BCUT2D eigenvalue weighted by atomic mass is 16.5. The summed E-state index contributed by atoms with van der Waals surface area (Å²) in [6.45, 7) is 9.89. The largest absolute Gasteiger partial charge is 0.508 e. The summed E-state index contributed by atoms with van der Waals surface area (Å²) in [4.78, 5) is 10.8. The molecule has 6 nitrogen and oxygen atoms in total. The van der Waals surface area contributed by atoms with E-state index in [1.807, 2.05) is 24.8 Å². The fourth-order valence-corrected chi connectivity index (χ4v) is 3.30. The zero-order chi connectivity index (χ0) is 19.0. The van der Waals surface area contributed by atoms with E-state index < -0.39 is 0 Å². The van der Waals surface area contributed by atoms with Gasteiger partial charge in [0.1, 0.15) is 23.2 Å². The molecule has 1 aromatic carbocycles. The summed E-state index contributed by atoms with van der Waals surface area (Å²) in [6.07, 6.45) is 3.49. The minimum Gasteiger partial charge on any atom is -0.508 e. The van der Waals surface area contributed by atoms with Crippen LogP contribution in [-0.2, 0) is 0 Å². The number of rotatable bonds is 4. The van der Waals surface area contributed by atoms with Crippen LogP contribution in [0.25, 0.3) is 5.70 Å². The van der Waals surface area contributed by atoms with Crippen molar-refractivity contribution >= 4 is 28.5 Å². The maximum atomic E-state index is 10.2. The summed E-state index contributed by atoms with van der Waals surface area (Å²) < 4.78 is 5.41. The molecule has 0 fully saturated rings. The van der Waals surface area contributed by atoms with Gasteiger partial charge in [-0.3, -0.25) is 4.98 Å². The monoisotopic (exact) mass is 350 g/mol. The predicted octanol–water partition coefficient (Wildman–Crippen LogP) is 4.10. The fourth-order valence-electron chi connectivity index (χ4n) is 3.30. The van der Waals surface area contributed by atoms with Crippen LogP contribution in [0.1, 0.15) is 25.0 Å². The molecule has 3 rings (SSSR count). The smallest absolute Gasteiger partial charge is 0.150 e. The third-order valence-electron chi connectivity index (χ3n) is 4.51. The number of fused-ring (bicyclic) bond motifs is 1. The average molecular weight is 350 g/mol. The molecule has 2 aromatic rings. The Morgan fingerprint density at radius 1 is 1.35 bits per heavy atom. The Hall–Kier alpha value is -3.15. The molecule has 6 heteroatoms. The molecular weight excluding hydrogens is 328 g/mol. The molecule has 1 unspecified atom stereocenters.